The van der Waals surface area contributed by atoms with Crippen LogP contribution in [0.2, 0.25) is 5.02 Å². The number of unbranched alkanes of at least 4 members (excludes halogenated alkanes) is 1. The molecule has 20 nitrogen and oxygen atoms in total. The topological polar surface area (TPSA) is 258 Å². The van der Waals surface area contributed by atoms with Crippen LogP contribution in [0, 0.1) is 33.1 Å². The maximum absolute atomic E-state index is 14.4. The number of carbonyl (C=O) groups excluding carboxylic acids is 6. The number of esters is 1. The number of aryl methyl sites for hydroxylation is 3. The first-order valence-electron chi connectivity index (χ1n) is 25.9. The molecule has 5 aromatic rings. The number of nitrogens with one attached hydrogen (secondary N) is 3. The molecule has 0 saturated carbocycles. The Morgan fingerprint density at radius 1 is 0.848 bits per heavy atom. The van der Waals surface area contributed by atoms with E-state index in [1.165, 1.54) is 4.90 Å². The normalized spacial score (nSPS) is 16.2. The van der Waals surface area contributed by atoms with Gasteiger partial charge in [0, 0.05) is 52.9 Å². The van der Waals surface area contributed by atoms with Crippen LogP contribution in [-0.2, 0) is 54.3 Å². The molecule has 2 aliphatic rings. The second kappa shape index (κ2) is 29.3. The molecule has 24 heteroatoms. The van der Waals surface area contributed by atoms with Crippen LogP contribution < -0.4 is 50.6 Å². The Labute approximate surface area is 495 Å². The molecule has 0 aliphatic carbocycles. The number of fused-ring (bicyclic) bond motifs is 3. The van der Waals surface area contributed by atoms with Crippen LogP contribution in [0.25, 0.3) is 15.4 Å². The van der Waals surface area contributed by atoms with Crippen LogP contribution in [0.4, 0.5) is 0 Å². The average Bonchev–Trinajstić information content (AvgIpc) is 4.39. The quantitative estimate of drug-likeness (QED) is 0.0409. The van der Waals surface area contributed by atoms with E-state index >= 15 is 0 Å². The zero-order valence-corrected chi connectivity index (χ0v) is 50.4. The molecule has 0 bridgehead atoms. The van der Waals surface area contributed by atoms with Gasteiger partial charge in [-0.15, -0.1) is 32.9 Å². The van der Waals surface area contributed by atoms with Gasteiger partial charge in [0.15, 0.2) is 5.82 Å². The minimum atomic E-state index is -1.21. The van der Waals surface area contributed by atoms with Crippen LogP contribution in [0.15, 0.2) is 59.0 Å². The van der Waals surface area contributed by atoms with Crippen LogP contribution in [0.3, 0.4) is 0 Å². The molecule has 2 aromatic carbocycles. The number of aliphatic imine (C=N–C) groups is 1. The number of carbonyl (C=O) groups is 6. The summed E-state index contributed by atoms with van der Waals surface area (Å²) in [5, 5.41) is 29.9. The fraction of sp³-hybridized carbons (Fsp3) is 0.491. The number of likely N-dealkylation sites (tertiary alicyclic amines) is 1. The third kappa shape index (κ3) is 17.1. The van der Waals surface area contributed by atoms with Gasteiger partial charge < -0.3 is 49.7 Å². The van der Waals surface area contributed by atoms with Crippen LogP contribution >= 0.6 is 34.3 Å². The summed E-state index contributed by atoms with van der Waals surface area (Å²) < 4.78 is 24.6. The smallest absolute Gasteiger partial charge is 0.550 e. The summed E-state index contributed by atoms with van der Waals surface area (Å²) in [6, 6.07) is 12.5. The zero-order valence-electron chi connectivity index (χ0n) is 46.0. The summed E-state index contributed by atoms with van der Waals surface area (Å²) in [6.07, 6.45) is -0.471. The Morgan fingerprint density at radius 2 is 1.52 bits per heavy atom. The Bertz CT molecular complexity index is 2960. The first-order valence-corrected chi connectivity index (χ1v) is 28.0. The number of hydrogen-bond acceptors (Lipinski definition) is 17. The number of halogens is 1. The Morgan fingerprint density at radius 3 is 2.19 bits per heavy atom. The summed E-state index contributed by atoms with van der Waals surface area (Å²) in [5.41, 5.74) is 7.46. The molecule has 1 fully saturated rings. The standard InChI is InChI=1S/C55H68ClN9O11S2.Na/c1-32-34(3)78-54-47(32)48(37-16-18-39(56)19-17-37)60-41(51-63-62-35(4)65(51)54)27-43(66)57-20-21-73-22-23-74-24-25-75-30-44(67)61-50(55(5,6)7)53(72)64-29-40(76-46(70)11-9-8-10-45(68)69)26-42(64)52(71)58-28-36-12-14-38(15-13-36)49-33(2)59-31-77-49;/h12-19,31,40-42,50H,8-11,20-30H2,1-7H3,(H,57,66)(H,58,71)(H,61,67)(H,68,69);/q;+1/p-1/t40-,41+,42+,50-;/m1./s1. The van der Waals surface area contributed by atoms with Crippen molar-refractivity contribution in [1.29, 1.82) is 0 Å². The predicted molar refractivity (Wildman–Crippen MR) is 292 cm³/mol. The van der Waals surface area contributed by atoms with Gasteiger partial charge in [-0.05, 0) is 81.2 Å². The van der Waals surface area contributed by atoms with Crippen molar-refractivity contribution in [2.24, 2.45) is 10.4 Å². The number of aromatic nitrogens is 4. The number of thiophene rings is 1. The van der Waals surface area contributed by atoms with E-state index in [0.29, 0.717) is 16.7 Å². The van der Waals surface area contributed by atoms with Gasteiger partial charge in [0.2, 0.25) is 23.6 Å². The van der Waals surface area contributed by atoms with E-state index in [0.717, 1.165) is 54.0 Å². The Balaban J connectivity index is 0.0000101. The number of hydrogen-bond donors (Lipinski definition) is 3. The Hall–Kier alpha value is -5.43. The van der Waals surface area contributed by atoms with Gasteiger partial charge in [0.1, 0.15) is 41.7 Å². The minimum Gasteiger partial charge on any atom is -0.550 e. The molecule has 2 aliphatic heterocycles. The molecule has 4 amide bonds. The second-order valence-corrected chi connectivity index (χ2v) is 22.7. The number of aliphatic carboxylic acids is 1. The number of rotatable bonds is 26. The molecule has 1 saturated heterocycles. The maximum Gasteiger partial charge on any atom is 1.00 e. The van der Waals surface area contributed by atoms with Gasteiger partial charge in [-0.2, -0.15) is 0 Å². The summed E-state index contributed by atoms with van der Waals surface area (Å²) in [7, 11) is 0. The van der Waals surface area contributed by atoms with Crippen LogP contribution in [0.5, 0.6) is 0 Å². The van der Waals surface area contributed by atoms with E-state index in [9.17, 15) is 33.9 Å². The molecule has 79 heavy (non-hydrogen) atoms. The fourth-order valence-electron chi connectivity index (χ4n) is 9.08. The molecule has 0 unspecified atom stereocenters. The van der Waals surface area contributed by atoms with Crippen molar-refractivity contribution >= 4 is 75.6 Å². The Kier molecular flexibility index (Phi) is 23.3. The molecule has 3 aromatic heterocycles. The maximum atomic E-state index is 14.4. The van der Waals surface area contributed by atoms with Crippen molar-refractivity contribution in [3.8, 4) is 15.4 Å². The van der Waals surface area contributed by atoms with Crippen molar-refractivity contribution in [2.75, 3.05) is 52.7 Å². The van der Waals surface area contributed by atoms with Crippen LogP contribution in [0.1, 0.15) is 110 Å². The molecule has 0 spiro atoms. The molecule has 3 N–H and O–H groups in total. The van der Waals surface area contributed by atoms with Crippen molar-refractivity contribution in [1.82, 2.24) is 40.6 Å². The number of thiazole rings is 1. The molecule has 5 heterocycles. The van der Waals surface area contributed by atoms with Gasteiger partial charge in [-0.3, -0.25) is 33.5 Å². The molecular formula is C55H67ClN9NaO11S2. The number of benzene rings is 2. The second-order valence-electron chi connectivity index (χ2n) is 20.2. The van der Waals surface area contributed by atoms with E-state index < -0.39 is 59.3 Å². The zero-order chi connectivity index (χ0) is 56.1. The molecule has 418 valence electrons. The van der Waals surface area contributed by atoms with Gasteiger partial charge in [-0.1, -0.05) is 68.8 Å². The van der Waals surface area contributed by atoms with E-state index in [4.69, 9.17) is 35.5 Å². The number of ether oxygens (including phenoxy) is 4. The molecule has 7 rings (SSSR count). The molecular weight excluding hydrogens is 1090 g/mol. The number of carboxylic acids is 1. The van der Waals surface area contributed by atoms with Gasteiger partial charge in [-0.25, -0.2) is 4.98 Å². The molecule has 0 radical (unpaired) electrons. The number of amides is 4. The van der Waals surface area contributed by atoms with Crippen molar-refractivity contribution in [3.63, 3.8) is 0 Å². The van der Waals surface area contributed by atoms with Gasteiger partial charge in [0.25, 0.3) is 0 Å². The minimum absolute atomic E-state index is 0. The number of carboxylic acid groups (broad SMARTS) is 1. The third-order valence-electron chi connectivity index (χ3n) is 13.3. The fourth-order valence-corrected chi connectivity index (χ4v) is 11.2. The van der Waals surface area contributed by atoms with E-state index in [1.54, 1.807) is 49.0 Å². The van der Waals surface area contributed by atoms with Crippen molar-refractivity contribution in [3.05, 3.63) is 104 Å². The summed E-state index contributed by atoms with van der Waals surface area (Å²) in [4.78, 5) is 91.6. The van der Waals surface area contributed by atoms with E-state index in [2.05, 4.69) is 45.0 Å². The van der Waals surface area contributed by atoms with E-state index in [1.807, 2.05) is 66.9 Å². The predicted octanol–water partition coefficient (Wildman–Crippen LogP) is 2.46. The average molecular weight is 1150 g/mol. The van der Waals surface area contributed by atoms with Gasteiger partial charge in [0.05, 0.1) is 67.8 Å². The largest absolute Gasteiger partial charge is 1.00 e. The van der Waals surface area contributed by atoms with Gasteiger partial charge >= 0.3 is 35.5 Å². The third-order valence-corrected chi connectivity index (χ3v) is 15.7. The SMILES string of the molecule is Cc1ncsc1-c1ccc(CNC(=O)[C@@H]2C[C@@H](OC(=O)CCCCC(=O)[O-])CN2C(=O)[C@@H](NC(=O)COCCOCCOCCNC(=O)C[C@@H]2N=C(c3ccc(Cl)cc3)c3c(sc(C)c3C)-n3c(C)nnc32)C(C)(C)C)cc1.[Na+]. The van der Waals surface area contributed by atoms with E-state index in [-0.39, 0.29) is 133 Å². The summed E-state index contributed by atoms with van der Waals surface area (Å²) in [5.74, 6) is -2.26. The first kappa shape index (κ1) is 62.8. The summed E-state index contributed by atoms with van der Waals surface area (Å²) >= 11 is 9.42. The van der Waals surface area contributed by atoms with Crippen molar-refractivity contribution in [2.45, 2.75) is 118 Å². The van der Waals surface area contributed by atoms with Crippen LogP contribution in [-0.4, -0.2) is 137 Å². The van der Waals surface area contributed by atoms with Crippen molar-refractivity contribution < 1.29 is 82.4 Å². The first-order chi connectivity index (χ1) is 37.3. The summed E-state index contributed by atoms with van der Waals surface area (Å²) in [6.45, 7) is 14.2. The number of nitrogens with zero attached hydrogens (tertiary/aromatic N) is 6. The monoisotopic (exact) mass is 1150 g/mol. The molecule has 4 atom stereocenters.